The number of rotatable bonds is 10. The molecular formula is C14H30O3Sn. The van der Waals surface area contributed by atoms with Crippen molar-refractivity contribution in [1.29, 1.82) is 0 Å². The van der Waals surface area contributed by atoms with Gasteiger partial charge in [0.1, 0.15) is 0 Å². The van der Waals surface area contributed by atoms with Gasteiger partial charge in [-0.1, -0.05) is 0 Å². The summed E-state index contributed by atoms with van der Waals surface area (Å²) in [5, 5.41) is 0. The standard InChI is InChI=1S/3C4H9.C2H4O3.Sn/c3*1-3-4-2;1-5-2(3)4;/h3*1,3-4H2,2H3;1H3,(H,3,4);/q;;;;+1/p-1. The normalized spacial score (nSPS) is 11.3. The molecule has 0 aromatic carbocycles. The summed E-state index contributed by atoms with van der Waals surface area (Å²) in [6, 6.07) is 0. The van der Waals surface area contributed by atoms with E-state index in [1.165, 1.54) is 58.9 Å². The molecule has 0 aliphatic carbocycles. The summed E-state index contributed by atoms with van der Waals surface area (Å²) in [4.78, 5) is 11.5. The molecule has 0 saturated heterocycles. The molecule has 0 aliphatic heterocycles. The van der Waals surface area contributed by atoms with Gasteiger partial charge in [0.2, 0.25) is 0 Å². The number of ether oxygens (including phenoxy) is 1. The first-order valence-electron chi connectivity index (χ1n) is 7.41. The Kier molecular flexibility index (Phi) is 11.0. The van der Waals surface area contributed by atoms with Crippen molar-refractivity contribution in [1.82, 2.24) is 0 Å². The molecule has 0 aromatic heterocycles. The van der Waals surface area contributed by atoms with E-state index in [9.17, 15) is 4.79 Å². The zero-order chi connectivity index (χ0) is 13.9. The molecule has 108 valence electrons. The molecule has 0 spiro atoms. The number of methoxy groups -OCH3 is 1. The van der Waals surface area contributed by atoms with E-state index in [1.54, 1.807) is 0 Å². The van der Waals surface area contributed by atoms with Gasteiger partial charge < -0.3 is 0 Å². The number of carbonyl (C=O) groups excluding carboxylic acids is 1. The quantitative estimate of drug-likeness (QED) is 0.399. The average Bonchev–Trinajstić information content (AvgIpc) is 2.40. The van der Waals surface area contributed by atoms with Gasteiger partial charge in [-0.05, 0) is 0 Å². The molecule has 0 radical (unpaired) electrons. The van der Waals surface area contributed by atoms with Crippen LogP contribution in [0, 0.1) is 0 Å². The van der Waals surface area contributed by atoms with Crippen LogP contribution in [0.4, 0.5) is 4.79 Å². The van der Waals surface area contributed by atoms with E-state index >= 15 is 0 Å². The summed E-state index contributed by atoms with van der Waals surface area (Å²) in [6.45, 7) is 6.61. The van der Waals surface area contributed by atoms with Crippen LogP contribution in [-0.4, -0.2) is 32.1 Å². The van der Waals surface area contributed by atoms with E-state index < -0.39 is 24.9 Å². The van der Waals surface area contributed by atoms with E-state index in [4.69, 9.17) is 7.81 Å². The molecule has 4 heteroatoms. The first-order chi connectivity index (χ1) is 8.64. The summed E-state index contributed by atoms with van der Waals surface area (Å²) in [6.07, 6.45) is 6.69. The fourth-order valence-corrected chi connectivity index (χ4v) is 15.0. The molecule has 18 heavy (non-hydrogen) atoms. The van der Waals surface area contributed by atoms with Crippen molar-refractivity contribution in [2.24, 2.45) is 0 Å². The Hall–Kier alpha value is 0.0687. The molecule has 0 fully saturated rings. The van der Waals surface area contributed by atoms with Crippen molar-refractivity contribution in [3.63, 3.8) is 0 Å². The third-order valence-electron chi connectivity index (χ3n) is 3.42. The molecule has 0 rings (SSSR count). The Balaban J connectivity index is 4.66. The van der Waals surface area contributed by atoms with E-state index in [0.717, 1.165) is 0 Å². The number of hydrogen-bond acceptors (Lipinski definition) is 3. The number of carbonyl (C=O) groups is 1. The van der Waals surface area contributed by atoms with Gasteiger partial charge in [-0.2, -0.15) is 0 Å². The van der Waals surface area contributed by atoms with Crippen LogP contribution in [0.3, 0.4) is 0 Å². The molecule has 3 nitrogen and oxygen atoms in total. The zero-order valence-electron chi connectivity index (χ0n) is 12.6. The SMILES string of the molecule is CCC[CH2][Sn]([CH2]CCC)([CH2]CCC)[O]C(=O)OC. The van der Waals surface area contributed by atoms with E-state index in [-0.39, 0.29) is 0 Å². The molecule has 0 atom stereocenters. The molecule has 0 heterocycles. The van der Waals surface area contributed by atoms with Crippen molar-refractivity contribution in [3.05, 3.63) is 0 Å². The van der Waals surface area contributed by atoms with Crippen molar-refractivity contribution in [2.45, 2.75) is 72.6 Å². The maximum atomic E-state index is 11.5. The van der Waals surface area contributed by atoms with Crippen LogP contribution in [0.1, 0.15) is 59.3 Å². The Labute approximate surface area is 117 Å². The summed E-state index contributed by atoms with van der Waals surface area (Å²) in [5.74, 6) is 0. The van der Waals surface area contributed by atoms with Gasteiger partial charge in [0.25, 0.3) is 0 Å². The summed E-state index contributed by atoms with van der Waals surface area (Å²) >= 11 is -2.75. The van der Waals surface area contributed by atoms with Gasteiger partial charge >= 0.3 is 117 Å². The average molecular weight is 365 g/mol. The second kappa shape index (κ2) is 10.9. The molecule has 0 bridgehead atoms. The molecular weight excluding hydrogens is 335 g/mol. The Morgan fingerprint density at radius 2 is 1.28 bits per heavy atom. The van der Waals surface area contributed by atoms with E-state index in [1.807, 2.05) is 0 Å². The Morgan fingerprint density at radius 1 is 0.889 bits per heavy atom. The second-order valence-corrected chi connectivity index (χ2v) is 16.7. The molecule has 0 aromatic rings. The van der Waals surface area contributed by atoms with Crippen LogP contribution < -0.4 is 0 Å². The van der Waals surface area contributed by atoms with Crippen LogP contribution in [0.2, 0.25) is 13.3 Å². The summed E-state index contributed by atoms with van der Waals surface area (Å²) in [5.41, 5.74) is 0. The topological polar surface area (TPSA) is 35.5 Å². The maximum absolute atomic E-state index is 11.5. The minimum absolute atomic E-state index is 0.436. The van der Waals surface area contributed by atoms with Crippen LogP contribution in [0.25, 0.3) is 0 Å². The molecule has 0 N–H and O–H groups in total. The predicted octanol–water partition coefficient (Wildman–Crippen LogP) is 5.12. The first-order valence-corrected chi connectivity index (χ1v) is 14.6. The minimum atomic E-state index is -2.75. The van der Waals surface area contributed by atoms with Gasteiger partial charge in [0, 0.05) is 0 Å². The molecule has 0 amide bonds. The van der Waals surface area contributed by atoms with Crippen molar-refractivity contribution in [2.75, 3.05) is 7.11 Å². The van der Waals surface area contributed by atoms with E-state index in [0.29, 0.717) is 0 Å². The van der Waals surface area contributed by atoms with Gasteiger partial charge in [-0.15, -0.1) is 0 Å². The summed E-state index contributed by atoms with van der Waals surface area (Å²) < 4.78 is 14.1. The van der Waals surface area contributed by atoms with Crippen molar-refractivity contribution >= 4 is 24.9 Å². The van der Waals surface area contributed by atoms with Crippen LogP contribution >= 0.6 is 0 Å². The van der Waals surface area contributed by atoms with Gasteiger partial charge in [0.05, 0.1) is 0 Å². The van der Waals surface area contributed by atoms with Gasteiger partial charge in [-0.3, -0.25) is 0 Å². The predicted molar refractivity (Wildman–Crippen MR) is 78.4 cm³/mol. The van der Waals surface area contributed by atoms with Crippen molar-refractivity contribution < 1.29 is 12.6 Å². The van der Waals surface area contributed by atoms with Crippen LogP contribution in [0.5, 0.6) is 0 Å². The first kappa shape index (κ1) is 18.1. The third-order valence-corrected chi connectivity index (χ3v) is 16.0. The molecule has 0 unspecified atom stereocenters. The van der Waals surface area contributed by atoms with Crippen LogP contribution in [-0.2, 0) is 7.81 Å². The monoisotopic (exact) mass is 366 g/mol. The second-order valence-electron chi connectivity index (χ2n) is 5.05. The number of unbranched alkanes of at least 4 members (excludes halogenated alkanes) is 3. The van der Waals surface area contributed by atoms with Gasteiger partial charge in [0.15, 0.2) is 0 Å². The van der Waals surface area contributed by atoms with E-state index in [2.05, 4.69) is 20.8 Å². The summed E-state index contributed by atoms with van der Waals surface area (Å²) in [7, 11) is 1.42. The fraction of sp³-hybridized carbons (Fsp3) is 0.929. The third kappa shape index (κ3) is 7.49. The van der Waals surface area contributed by atoms with Crippen molar-refractivity contribution in [3.8, 4) is 0 Å². The molecule has 0 aliphatic rings. The Bertz CT molecular complexity index is 197. The van der Waals surface area contributed by atoms with Crippen LogP contribution in [0.15, 0.2) is 0 Å². The fourth-order valence-electron chi connectivity index (χ4n) is 2.24. The van der Waals surface area contributed by atoms with Gasteiger partial charge in [-0.25, -0.2) is 0 Å². The zero-order valence-corrected chi connectivity index (χ0v) is 15.4. The number of hydrogen-bond donors (Lipinski definition) is 0. The molecule has 0 saturated carbocycles. The Morgan fingerprint density at radius 3 is 1.56 bits per heavy atom.